The van der Waals surface area contributed by atoms with Crippen molar-refractivity contribution in [1.82, 2.24) is 19.5 Å². The van der Waals surface area contributed by atoms with Crippen molar-refractivity contribution in [2.45, 2.75) is 31.0 Å². The average molecular weight is 359 g/mol. The minimum atomic E-state index is -1.18. The Morgan fingerprint density at radius 3 is 2.92 bits per heavy atom. The largest absolute Gasteiger partial charge is 0.387 e. The molecule has 0 aliphatic carbocycles. The van der Waals surface area contributed by atoms with Gasteiger partial charge < -0.3 is 26.4 Å². The number of hydrogen-bond donors (Lipinski definition) is 4. The standard InChI is InChI=1S/C13H19FN6O3S/c14-13-18-10(16)7-11(19-13)20(5-17-7)12-9(22)8(21)6(23-12)4-24-3-1-2-15/h5-6,8-9,12,21-22H,1-4,15H2,(H2,16,18,19)/p+1/t6-,8-,9-,12-/m1/s1. The fourth-order valence-electron chi connectivity index (χ4n) is 2.60. The number of imidazole rings is 1. The monoisotopic (exact) mass is 359 g/mol. The van der Waals surface area contributed by atoms with Crippen molar-refractivity contribution < 1.29 is 25.1 Å². The van der Waals surface area contributed by atoms with Gasteiger partial charge in [0.2, 0.25) is 0 Å². The van der Waals surface area contributed by atoms with Gasteiger partial charge in [-0.3, -0.25) is 4.57 Å². The number of nitrogens with zero attached hydrogens (tertiary/aromatic N) is 4. The Morgan fingerprint density at radius 2 is 2.17 bits per heavy atom. The van der Waals surface area contributed by atoms with Crippen molar-refractivity contribution in [3.63, 3.8) is 0 Å². The maximum Gasteiger partial charge on any atom is 0.312 e. The molecule has 11 heteroatoms. The number of thioether (sulfide) groups is 1. The van der Waals surface area contributed by atoms with E-state index in [9.17, 15) is 14.6 Å². The van der Waals surface area contributed by atoms with E-state index in [1.165, 1.54) is 10.9 Å². The predicted octanol–water partition coefficient (Wildman–Crippen LogP) is -1.47. The zero-order valence-electron chi connectivity index (χ0n) is 12.9. The molecule has 1 aliphatic heterocycles. The fourth-order valence-corrected chi connectivity index (χ4v) is 3.68. The van der Waals surface area contributed by atoms with Crippen LogP contribution in [-0.2, 0) is 4.74 Å². The van der Waals surface area contributed by atoms with Gasteiger partial charge in [-0.05, 0) is 5.75 Å². The summed E-state index contributed by atoms with van der Waals surface area (Å²) in [5.41, 5.74) is 9.73. The van der Waals surface area contributed by atoms with Crippen LogP contribution in [0, 0.1) is 6.08 Å². The van der Waals surface area contributed by atoms with Crippen molar-refractivity contribution in [1.29, 1.82) is 0 Å². The molecular formula is C13H20FN6O3S+. The van der Waals surface area contributed by atoms with E-state index < -0.39 is 30.6 Å². The van der Waals surface area contributed by atoms with Gasteiger partial charge in [-0.15, -0.1) is 0 Å². The minimum Gasteiger partial charge on any atom is -0.387 e. The van der Waals surface area contributed by atoms with Crippen LogP contribution in [0.2, 0.25) is 0 Å². The first kappa shape index (κ1) is 17.3. The van der Waals surface area contributed by atoms with E-state index in [0.29, 0.717) is 5.75 Å². The average Bonchev–Trinajstić information content (AvgIpc) is 3.07. The van der Waals surface area contributed by atoms with E-state index in [0.717, 1.165) is 18.7 Å². The van der Waals surface area contributed by atoms with Gasteiger partial charge in [-0.1, -0.05) is 0 Å². The third kappa shape index (κ3) is 3.17. The molecule has 1 saturated heterocycles. The lowest BCUT2D eigenvalue weighted by Gasteiger charge is -2.16. The third-order valence-corrected chi connectivity index (χ3v) is 4.99. The summed E-state index contributed by atoms with van der Waals surface area (Å²) in [6.07, 6.45) is -2.37. The highest BCUT2D eigenvalue weighted by atomic mass is 32.2. The Hall–Kier alpha value is -1.53. The molecule has 0 unspecified atom stereocenters. The molecule has 3 rings (SSSR count). The van der Waals surface area contributed by atoms with Crippen molar-refractivity contribution in [3.8, 4) is 0 Å². The van der Waals surface area contributed by atoms with E-state index in [1.807, 2.05) is 0 Å². The molecule has 4 atom stereocenters. The molecule has 0 amide bonds. The summed E-state index contributed by atoms with van der Waals surface area (Å²) in [5, 5.41) is 20.5. The van der Waals surface area contributed by atoms with Gasteiger partial charge in [0.15, 0.2) is 23.2 Å². The molecule has 0 saturated carbocycles. The van der Waals surface area contributed by atoms with Crippen molar-refractivity contribution >= 4 is 28.7 Å². The van der Waals surface area contributed by atoms with E-state index in [-0.39, 0.29) is 17.0 Å². The molecule has 2 aromatic rings. The number of nitrogens with two attached hydrogens (primary N) is 1. The zero-order chi connectivity index (χ0) is 17.3. The van der Waals surface area contributed by atoms with Gasteiger partial charge in [0.25, 0.3) is 0 Å². The molecule has 132 valence electrons. The second kappa shape index (κ2) is 7.15. The van der Waals surface area contributed by atoms with Crippen LogP contribution in [0.3, 0.4) is 0 Å². The first-order chi connectivity index (χ1) is 11.5. The number of fused-ring (bicyclic) bond motifs is 1. The summed E-state index contributed by atoms with van der Waals surface area (Å²) in [4.78, 5) is 11.1. The molecule has 0 radical (unpaired) electrons. The molecule has 7 N–H and O–H groups in total. The van der Waals surface area contributed by atoms with Gasteiger partial charge in [-0.2, -0.15) is 26.1 Å². The summed E-state index contributed by atoms with van der Waals surface area (Å²) in [6.45, 7) is 0.847. The Labute approximate surface area is 141 Å². The molecule has 9 nitrogen and oxygen atoms in total. The molecule has 0 bridgehead atoms. The summed E-state index contributed by atoms with van der Waals surface area (Å²) in [5.74, 6) is 1.34. The number of aliphatic hydroxyl groups is 2. The van der Waals surface area contributed by atoms with Crippen LogP contribution in [0.4, 0.5) is 10.2 Å². The number of quaternary nitrogens is 1. The Bertz CT molecular complexity index is 716. The lowest BCUT2D eigenvalue weighted by atomic mass is 10.1. The Kier molecular flexibility index (Phi) is 5.15. The fraction of sp³-hybridized carbons (Fsp3) is 0.615. The predicted molar refractivity (Wildman–Crippen MR) is 85.3 cm³/mol. The number of nitrogen functional groups attached to an aromatic ring is 1. The van der Waals surface area contributed by atoms with Gasteiger partial charge in [0.1, 0.15) is 12.2 Å². The Balaban J connectivity index is 1.80. The number of hydrogen-bond acceptors (Lipinski definition) is 8. The molecule has 24 heavy (non-hydrogen) atoms. The van der Waals surface area contributed by atoms with Crippen LogP contribution < -0.4 is 11.5 Å². The van der Waals surface area contributed by atoms with E-state index >= 15 is 0 Å². The van der Waals surface area contributed by atoms with Gasteiger partial charge in [-0.25, -0.2) is 4.98 Å². The third-order valence-electron chi connectivity index (χ3n) is 3.85. The Morgan fingerprint density at radius 1 is 1.38 bits per heavy atom. The summed E-state index contributed by atoms with van der Waals surface area (Å²) >= 11 is 1.62. The summed E-state index contributed by atoms with van der Waals surface area (Å²) in [7, 11) is 0. The molecule has 3 heterocycles. The smallest absolute Gasteiger partial charge is 0.312 e. The van der Waals surface area contributed by atoms with Crippen LogP contribution in [-0.4, -0.2) is 66.1 Å². The van der Waals surface area contributed by atoms with E-state index in [1.54, 1.807) is 11.8 Å². The maximum atomic E-state index is 13.4. The summed E-state index contributed by atoms with van der Waals surface area (Å²) < 4.78 is 20.6. The minimum absolute atomic E-state index is 0.0930. The van der Waals surface area contributed by atoms with Crippen molar-refractivity contribution in [2.75, 3.05) is 23.8 Å². The van der Waals surface area contributed by atoms with Crippen LogP contribution in [0.5, 0.6) is 0 Å². The molecule has 0 spiro atoms. The molecular weight excluding hydrogens is 339 g/mol. The second-order valence-corrected chi connectivity index (χ2v) is 6.68. The SMILES string of the molecule is Nc1nc(F)nc2c1ncn2[C@@H]1O[C@H](CSCCC[NH3+])[C@@H](O)[C@H]1O. The number of aliphatic hydroxyl groups excluding tert-OH is 2. The number of halogens is 1. The van der Waals surface area contributed by atoms with Crippen LogP contribution in [0.25, 0.3) is 11.2 Å². The quantitative estimate of drug-likeness (QED) is 0.361. The lowest BCUT2D eigenvalue weighted by Crippen LogP contribution is -2.50. The number of anilines is 1. The summed E-state index contributed by atoms with van der Waals surface area (Å²) in [6, 6.07) is 0. The van der Waals surface area contributed by atoms with E-state index in [2.05, 4.69) is 20.7 Å². The highest BCUT2D eigenvalue weighted by Crippen LogP contribution is 2.33. The second-order valence-electron chi connectivity index (χ2n) is 5.53. The van der Waals surface area contributed by atoms with Gasteiger partial charge >= 0.3 is 6.08 Å². The van der Waals surface area contributed by atoms with Gasteiger partial charge in [0.05, 0.1) is 19.0 Å². The molecule has 1 fully saturated rings. The topological polar surface area (TPSA) is 147 Å². The normalized spacial score (nSPS) is 27.2. The van der Waals surface area contributed by atoms with Crippen LogP contribution in [0.1, 0.15) is 12.6 Å². The van der Waals surface area contributed by atoms with Crippen molar-refractivity contribution in [3.05, 3.63) is 12.4 Å². The first-order valence-corrected chi connectivity index (χ1v) is 8.72. The maximum absolute atomic E-state index is 13.4. The van der Waals surface area contributed by atoms with E-state index in [4.69, 9.17) is 10.5 Å². The van der Waals surface area contributed by atoms with Crippen molar-refractivity contribution in [2.24, 2.45) is 0 Å². The van der Waals surface area contributed by atoms with Gasteiger partial charge in [0, 0.05) is 12.2 Å². The highest BCUT2D eigenvalue weighted by molar-refractivity contribution is 7.99. The number of ether oxygens (including phenoxy) is 1. The molecule has 2 aromatic heterocycles. The molecule has 0 aromatic carbocycles. The zero-order valence-corrected chi connectivity index (χ0v) is 13.7. The first-order valence-electron chi connectivity index (χ1n) is 7.57. The number of aromatic nitrogens is 4. The number of rotatable bonds is 6. The highest BCUT2D eigenvalue weighted by Gasteiger charge is 2.44. The lowest BCUT2D eigenvalue weighted by molar-refractivity contribution is -0.367. The van der Waals surface area contributed by atoms with Crippen LogP contribution in [0.15, 0.2) is 6.33 Å². The molecule has 1 aliphatic rings. The van der Waals surface area contributed by atoms with Crippen LogP contribution >= 0.6 is 11.8 Å².